The van der Waals surface area contributed by atoms with E-state index in [9.17, 15) is 9.90 Å². The molecule has 0 saturated carbocycles. The molecule has 17 heavy (non-hydrogen) atoms. The number of hydrogen-bond donors (Lipinski definition) is 1. The van der Waals surface area contributed by atoms with Crippen LogP contribution in [0.1, 0.15) is 13.8 Å². The fraction of sp³-hybridized carbons (Fsp3) is 0.364. The van der Waals surface area contributed by atoms with Crippen molar-refractivity contribution in [2.45, 2.75) is 19.4 Å². The highest BCUT2D eigenvalue weighted by Gasteiger charge is 2.33. The molecule has 0 unspecified atom stereocenters. The first-order chi connectivity index (χ1) is 7.94. The molecule has 6 heteroatoms. The van der Waals surface area contributed by atoms with Crippen molar-refractivity contribution in [2.75, 3.05) is 11.9 Å². The molecule has 0 aromatic carbocycles. The van der Waals surface area contributed by atoms with Crippen LogP contribution >= 0.6 is 11.3 Å². The summed E-state index contributed by atoms with van der Waals surface area (Å²) in [5, 5.41) is 12.0. The van der Waals surface area contributed by atoms with Crippen LogP contribution in [0.25, 0.3) is 10.2 Å². The molecular weight excluding hydrogens is 238 g/mol. The van der Waals surface area contributed by atoms with Gasteiger partial charge in [0, 0.05) is 7.05 Å². The Kier molecular flexibility index (Phi) is 2.74. The lowest BCUT2D eigenvalue weighted by Gasteiger charge is -2.32. The first-order valence-corrected chi connectivity index (χ1v) is 5.98. The van der Waals surface area contributed by atoms with Crippen LogP contribution in [0.2, 0.25) is 0 Å². The Morgan fingerprint density at radius 2 is 2.18 bits per heavy atom. The number of aromatic nitrogens is 2. The molecule has 0 radical (unpaired) electrons. The first kappa shape index (κ1) is 11.8. The SMILES string of the molecule is CN(c1ncnc2sccc12)C(C)(C)C(=O)O. The van der Waals surface area contributed by atoms with Crippen LogP contribution in [0.3, 0.4) is 0 Å². The van der Waals surface area contributed by atoms with Gasteiger partial charge < -0.3 is 10.0 Å². The Morgan fingerprint density at radius 1 is 1.47 bits per heavy atom. The summed E-state index contributed by atoms with van der Waals surface area (Å²) in [5.74, 6) is -0.245. The fourth-order valence-corrected chi connectivity index (χ4v) is 2.18. The molecule has 0 fully saturated rings. The lowest BCUT2D eigenvalue weighted by Crippen LogP contribution is -2.48. The summed E-state index contributed by atoms with van der Waals surface area (Å²) >= 11 is 1.51. The highest BCUT2D eigenvalue weighted by atomic mass is 32.1. The Bertz CT molecular complexity index is 565. The molecule has 0 atom stereocenters. The number of thiophene rings is 1. The topological polar surface area (TPSA) is 66.3 Å². The van der Waals surface area contributed by atoms with Gasteiger partial charge in [-0.3, -0.25) is 0 Å². The largest absolute Gasteiger partial charge is 0.480 e. The molecule has 2 aromatic heterocycles. The highest BCUT2D eigenvalue weighted by molar-refractivity contribution is 7.16. The van der Waals surface area contributed by atoms with Crippen LogP contribution in [-0.4, -0.2) is 33.6 Å². The second kappa shape index (κ2) is 3.96. The standard InChI is InChI=1S/C11H13N3O2S/c1-11(2,10(15)16)14(3)8-7-4-5-17-9(7)13-6-12-8/h4-6H,1-3H3,(H,15,16). The highest BCUT2D eigenvalue weighted by Crippen LogP contribution is 2.29. The number of carboxylic acid groups (broad SMARTS) is 1. The van der Waals surface area contributed by atoms with Gasteiger partial charge in [-0.05, 0) is 25.3 Å². The van der Waals surface area contributed by atoms with Crippen molar-refractivity contribution >= 4 is 33.3 Å². The Labute approximate surface area is 103 Å². The van der Waals surface area contributed by atoms with Gasteiger partial charge in [0.2, 0.25) is 0 Å². The van der Waals surface area contributed by atoms with Gasteiger partial charge in [0.25, 0.3) is 0 Å². The third kappa shape index (κ3) is 1.84. The molecule has 0 bridgehead atoms. The average molecular weight is 251 g/mol. The van der Waals surface area contributed by atoms with E-state index in [0.717, 1.165) is 10.2 Å². The van der Waals surface area contributed by atoms with Crippen LogP contribution in [0, 0.1) is 0 Å². The number of rotatable bonds is 3. The predicted octanol–water partition coefficient (Wildman–Crippen LogP) is 1.99. The van der Waals surface area contributed by atoms with Crippen LogP contribution < -0.4 is 4.90 Å². The smallest absolute Gasteiger partial charge is 0.328 e. The van der Waals surface area contributed by atoms with Crippen molar-refractivity contribution in [2.24, 2.45) is 0 Å². The fourth-order valence-electron chi connectivity index (χ4n) is 1.45. The summed E-state index contributed by atoms with van der Waals surface area (Å²) in [4.78, 5) is 22.1. The van der Waals surface area contributed by atoms with Gasteiger partial charge in [-0.2, -0.15) is 0 Å². The van der Waals surface area contributed by atoms with E-state index >= 15 is 0 Å². The number of likely N-dealkylation sites (N-methyl/N-ethyl adjacent to an activating group) is 1. The molecule has 0 saturated heterocycles. The van der Waals surface area contributed by atoms with Crippen molar-refractivity contribution < 1.29 is 9.90 Å². The normalized spacial score (nSPS) is 11.7. The number of nitrogens with zero attached hydrogens (tertiary/aromatic N) is 3. The number of anilines is 1. The van der Waals surface area contributed by atoms with E-state index in [1.165, 1.54) is 17.7 Å². The van der Waals surface area contributed by atoms with Crippen molar-refractivity contribution in [3.05, 3.63) is 17.8 Å². The summed E-state index contributed by atoms with van der Waals surface area (Å²) in [6, 6.07) is 1.91. The maximum absolute atomic E-state index is 11.2. The monoisotopic (exact) mass is 251 g/mol. The van der Waals surface area contributed by atoms with E-state index in [-0.39, 0.29) is 0 Å². The number of carboxylic acids is 1. The van der Waals surface area contributed by atoms with Gasteiger partial charge in [0.15, 0.2) is 0 Å². The van der Waals surface area contributed by atoms with Crippen molar-refractivity contribution in [3.63, 3.8) is 0 Å². The van der Waals surface area contributed by atoms with Crippen molar-refractivity contribution in [1.82, 2.24) is 9.97 Å². The first-order valence-electron chi connectivity index (χ1n) is 5.10. The van der Waals surface area contributed by atoms with E-state index in [0.29, 0.717) is 5.82 Å². The number of carbonyl (C=O) groups is 1. The van der Waals surface area contributed by atoms with Gasteiger partial charge >= 0.3 is 5.97 Å². The molecule has 0 spiro atoms. The summed E-state index contributed by atoms with van der Waals surface area (Å²) < 4.78 is 0. The lowest BCUT2D eigenvalue weighted by atomic mass is 10.0. The van der Waals surface area contributed by atoms with Gasteiger partial charge in [0.1, 0.15) is 22.5 Å². The molecule has 0 aliphatic carbocycles. The van der Waals surface area contributed by atoms with Crippen molar-refractivity contribution in [1.29, 1.82) is 0 Å². The van der Waals surface area contributed by atoms with Crippen molar-refractivity contribution in [3.8, 4) is 0 Å². The summed E-state index contributed by atoms with van der Waals surface area (Å²) in [5.41, 5.74) is -1.01. The predicted molar refractivity (Wildman–Crippen MR) is 67.5 cm³/mol. The zero-order valence-corrected chi connectivity index (χ0v) is 10.7. The van der Waals surface area contributed by atoms with E-state index in [1.807, 2.05) is 11.4 Å². The molecular formula is C11H13N3O2S. The number of hydrogen-bond acceptors (Lipinski definition) is 5. The number of fused-ring (bicyclic) bond motifs is 1. The summed E-state index contributed by atoms with van der Waals surface area (Å²) in [6.45, 7) is 3.30. The van der Waals surface area contributed by atoms with Crippen LogP contribution in [0.15, 0.2) is 17.8 Å². The maximum atomic E-state index is 11.2. The zero-order valence-electron chi connectivity index (χ0n) is 9.84. The van der Waals surface area contributed by atoms with Gasteiger partial charge in [-0.1, -0.05) is 0 Å². The maximum Gasteiger partial charge on any atom is 0.328 e. The quantitative estimate of drug-likeness (QED) is 0.903. The average Bonchev–Trinajstić information content (AvgIpc) is 2.75. The van der Waals surface area contributed by atoms with E-state index < -0.39 is 11.5 Å². The summed E-state index contributed by atoms with van der Waals surface area (Å²) in [7, 11) is 1.73. The molecule has 0 aliphatic heterocycles. The minimum absolute atomic E-state index is 0.642. The minimum Gasteiger partial charge on any atom is -0.480 e. The third-order valence-corrected chi connectivity index (χ3v) is 3.74. The molecule has 0 aliphatic rings. The van der Waals surface area contributed by atoms with Crippen LogP contribution in [-0.2, 0) is 4.79 Å². The Balaban J connectivity index is 2.53. The molecule has 2 aromatic rings. The lowest BCUT2D eigenvalue weighted by molar-refractivity contribution is -0.142. The summed E-state index contributed by atoms with van der Waals surface area (Å²) in [6.07, 6.45) is 1.46. The molecule has 1 N–H and O–H groups in total. The van der Waals surface area contributed by atoms with Crippen LogP contribution in [0.4, 0.5) is 5.82 Å². The Morgan fingerprint density at radius 3 is 2.82 bits per heavy atom. The molecule has 2 rings (SSSR count). The van der Waals surface area contributed by atoms with E-state index in [4.69, 9.17) is 0 Å². The second-order valence-electron chi connectivity index (χ2n) is 4.26. The minimum atomic E-state index is -1.01. The molecule has 2 heterocycles. The van der Waals surface area contributed by atoms with Gasteiger partial charge in [0.05, 0.1) is 5.39 Å². The molecule has 90 valence electrons. The molecule has 0 amide bonds. The second-order valence-corrected chi connectivity index (χ2v) is 5.15. The van der Waals surface area contributed by atoms with Gasteiger partial charge in [-0.15, -0.1) is 11.3 Å². The van der Waals surface area contributed by atoms with E-state index in [1.54, 1.807) is 25.8 Å². The van der Waals surface area contributed by atoms with E-state index in [2.05, 4.69) is 9.97 Å². The zero-order chi connectivity index (χ0) is 12.6. The molecule has 5 nitrogen and oxygen atoms in total. The Hall–Kier alpha value is -1.69. The van der Waals surface area contributed by atoms with Gasteiger partial charge in [-0.25, -0.2) is 14.8 Å². The third-order valence-electron chi connectivity index (χ3n) is 2.92. The number of aliphatic carboxylic acids is 1. The van der Waals surface area contributed by atoms with Crippen LogP contribution in [0.5, 0.6) is 0 Å².